The van der Waals surface area contributed by atoms with Crippen molar-refractivity contribution in [1.29, 1.82) is 0 Å². The van der Waals surface area contributed by atoms with Gasteiger partial charge in [-0.05, 0) is 49.4 Å². The molecule has 0 radical (unpaired) electrons. The van der Waals surface area contributed by atoms with Crippen molar-refractivity contribution < 1.29 is 19.0 Å². The van der Waals surface area contributed by atoms with E-state index >= 15 is 0 Å². The Morgan fingerprint density at radius 1 is 1.03 bits per heavy atom. The minimum absolute atomic E-state index is 0.141. The second-order valence-electron chi connectivity index (χ2n) is 8.32. The van der Waals surface area contributed by atoms with Crippen LogP contribution in [-0.2, 0) is 33.0 Å². The molecule has 1 fully saturated rings. The molecule has 1 spiro atoms. The molecule has 2 heterocycles. The lowest BCUT2D eigenvalue weighted by molar-refractivity contribution is -0.256. The Bertz CT molecular complexity index is 904. The van der Waals surface area contributed by atoms with Gasteiger partial charge in [0.15, 0.2) is 0 Å². The number of rotatable bonds is 9. The quantitative estimate of drug-likeness (QED) is 0.511. The van der Waals surface area contributed by atoms with Crippen LogP contribution in [0.1, 0.15) is 62.6 Å². The second kappa shape index (κ2) is 9.84. The molecule has 0 unspecified atom stereocenters. The second-order valence-corrected chi connectivity index (χ2v) is 8.32. The van der Waals surface area contributed by atoms with Crippen LogP contribution in [0.2, 0.25) is 0 Å². The Hall–Kier alpha value is -2.37. The third-order valence-corrected chi connectivity index (χ3v) is 6.01. The van der Waals surface area contributed by atoms with E-state index in [1.54, 1.807) is 4.90 Å². The first kappa shape index (κ1) is 21.8. The maximum absolute atomic E-state index is 13.7. The fourth-order valence-corrected chi connectivity index (χ4v) is 4.26. The van der Waals surface area contributed by atoms with Gasteiger partial charge in [-0.25, -0.2) is 0 Å². The summed E-state index contributed by atoms with van der Waals surface area (Å²) in [6.45, 7) is 6.48. The summed E-state index contributed by atoms with van der Waals surface area (Å²) in [5.41, 5.74) is 3.92. The van der Waals surface area contributed by atoms with E-state index in [9.17, 15) is 4.79 Å². The Labute approximate surface area is 185 Å². The van der Waals surface area contributed by atoms with Crippen molar-refractivity contribution in [1.82, 2.24) is 0 Å². The number of ether oxygens (including phenoxy) is 3. The number of hydrogen-bond donors (Lipinski definition) is 0. The highest BCUT2D eigenvalue weighted by Gasteiger charge is 2.55. The van der Waals surface area contributed by atoms with Crippen molar-refractivity contribution in [3.63, 3.8) is 0 Å². The molecular formula is C26H33NO4. The molecule has 1 saturated heterocycles. The largest absolute Gasteiger partial charge is 0.493 e. The Morgan fingerprint density at radius 3 is 2.58 bits per heavy atom. The average Bonchev–Trinajstić information content (AvgIpc) is 3.02. The summed E-state index contributed by atoms with van der Waals surface area (Å²) in [4.78, 5) is 15.5. The van der Waals surface area contributed by atoms with E-state index in [1.807, 2.05) is 24.3 Å². The predicted molar refractivity (Wildman–Crippen MR) is 121 cm³/mol. The van der Waals surface area contributed by atoms with Crippen LogP contribution >= 0.6 is 0 Å². The number of nitrogens with zero attached hydrogens (tertiary/aromatic N) is 1. The first-order chi connectivity index (χ1) is 15.2. The summed E-state index contributed by atoms with van der Waals surface area (Å²) in [6.07, 6.45) is 6.13. The van der Waals surface area contributed by atoms with E-state index in [0.717, 1.165) is 61.1 Å². The zero-order valence-corrected chi connectivity index (χ0v) is 18.7. The molecule has 0 aliphatic carbocycles. The third kappa shape index (κ3) is 4.35. The van der Waals surface area contributed by atoms with E-state index in [-0.39, 0.29) is 5.91 Å². The van der Waals surface area contributed by atoms with Crippen LogP contribution in [0.4, 0.5) is 5.69 Å². The van der Waals surface area contributed by atoms with Crippen molar-refractivity contribution in [3.05, 3.63) is 59.2 Å². The van der Waals surface area contributed by atoms with Crippen molar-refractivity contribution in [2.75, 3.05) is 24.7 Å². The van der Waals surface area contributed by atoms with Gasteiger partial charge < -0.3 is 19.1 Å². The topological polar surface area (TPSA) is 48.0 Å². The number of aryl methyl sites for hydroxylation is 1. The number of para-hydroxylation sites is 1. The molecule has 5 nitrogen and oxygen atoms in total. The lowest BCUT2D eigenvalue weighted by Crippen LogP contribution is -2.47. The molecule has 2 aromatic carbocycles. The van der Waals surface area contributed by atoms with Crippen LogP contribution in [0, 0.1) is 0 Å². The fraction of sp³-hybridized carbons (Fsp3) is 0.500. The highest BCUT2D eigenvalue weighted by atomic mass is 16.7. The summed E-state index contributed by atoms with van der Waals surface area (Å²) in [5.74, 6) is -0.622. The van der Waals surface area contributed by atoms with Crippen LogP contribution in [0.25, 0.3) is 0 Å². The van der Waals surface area contributed by atoms with Crippen LogP contribution in [-0.4, -0.2) is 25.7 Å². The van der Waals surface area contributed by atoms with Gasteiger partial charge in [-0.1, -0.05) is 51.0 Å². The molecule has 2 aliphatic heterocycles. The van der Waals surface area contributed by atoms with Crippen molar-refractivity contribution in [3.8, 4) is 5.75 Å². The summed E-state index contributed by atoms with van der Waals surface area (Å²) >= 11 is 0. The number of fused-ring (bicyclic) bond motifs is 2. The summed E-state index contributed by atoms with van der Waals surface area (Å²) in [7, 11) is 0. The summed E-state index contributed by atoms with van der Waals surface area (Å²) in [5, 5.41) is 0. The SMILES string of the molecule is CCCCOc1ccccc1CN1C(=O)C2(OCCCO2)c2cc(CCCC)ccc21. The van der Waals surface area contributed by atoms with Crippen molar-refractivity contribution in [2.24, 2.45) is 0 Å². The van der Waals surface area contributed by atoms with Crippen LogP contribution in [0.5, 0.6) is 5.75 Å². The number of unbranched alkanes of at least 4 members (excludes halogenated alkanes) is 2. The highest BCUT2D eigenvalue weighted by Crippen LogP contribution is 2.46. The molecule has 5 heteroatoms. The fourth-order valence-electron chi connectivity index (χ4n) is 4.26. The Balaban J connectivity index is 1.66. The van der Waals surface area contributed by atoms with Crippen LogP contribution in [0.15, 0.2) is 42.5 Å². The minimum Gasteiger partial charge on any atom is -0.493 e. The smallest absolute Gasteiger partial charge is 0.292 e. The van der Waals surface area contributed by atoms with Gasteiger partial charge in [-0.2, -0.15) is 0 Å². The van der Waals surface area contributed by atoms with Gasteiger partial charge in [0.1, 0.15) is 5.75 Å². The van der Waals surface area contributed by atoms with Gasteiger partial charge >= 0.3 is 0 Å². The number of benzene rings is 2. The molecule has 0 saturated carbocycles. The van der Waals surface area contributed by atoms with E-state index in [4.69, 9.17) is 14.2 Å². The number of anilines is 1. The maximum atomic E-state index is 13.7. The molecule has 166 valence electrons. The predicted octanol–water partition coefficient (Wildman–Crippen LogP) is 5.34. The first-order valence-corrected chi connectivity index (χ1v) is 11.6. The normalized spacial score (nSPS) is 17.2. The van der Waals surface area contributed by atoms with Gasteiger partial charge in [-0.15, -0.1) is 0 Å². The number of amides is 1. The summed E-state index contributed by atoms with van der Waals surface area (Å²) in [6, 6.07) is 14.2. The van der Waals surface area contributed by atoms with Gasteiger partial charge in [0.25, 0.3) is 11.7 Å². The Morgan fingerprint density at radius 2 is 1.81 bits per heavy atom. The molecule has 0 N–H and O–H groups in total. The molecule has 0 aromatic heterocycles. The van der Waals surface area contributed by atoms with Crippen LogP contribution < -0.4 is 9.64 Å². The Kier molecular flexibility index (Phi) is 6.93. The maximum Gasteiger partial charge on any atom is 0.292 e. The molecule has 0 bridgehead atoms. The molecular weight excluding hydrogens is 390 g/mol. The van der Waals surface area contributed by atoms with Gasteiger partial charge in [0.2, 0.25) is 0 Å². The first-order valence-electron chi connectivity index (χ1n) is 11.6. The monoisotopic (exact) mass is 423 g/mol. The summed E-state index contributed by atoms with van der Waals surface area (Å²) < 4.78 is 18.1. The lowest BCUT2D eigenvalue weighted by atomic mass is 10.00. The van der Waals surface area contributed by atoms with E-state index in [2.05, 4.69) is 32.0 Å². The van der Waals surface area contributed by atoms with Gasteiger partial charge in [-0.3, -0.25) is 4.79 Å². The van der Waals surface area contributed by atoms with Crippen molar-refractivity contribution in [2.45, 2.75) is 64.7 Å². The number of hydrogen-bond acceptors (Lipinski definition) is 4. The highest BCUT2D eigenvalue weighted by molar-refractivity contribution is 6.06. The standard InChI is InChI=1S/C26H33NO4/c1-3-5-10-20-13-14-23-22(18-20)26(30-16-9-17-31-26)25(28)27(23)19-21-11-7-8-12-24(21)29-15-6-4-2/h7-8,11-14,18H,3-6,9-10,15-17,19H2,1-2H3. The molecule has 4 rings (SSSR count). The zero-order chi connectivity index (χ0) is 21.7. The molecule has 2 aliphatic rings. The zero-order valence-electron chi connectivity index (χ0n) is 18.7. The lowest BCUT2D eigenvalue weighted by Gasteiger charge is -2.32. The van der Waals surface area contributed by atoms with Gasteiger partial charge in [0, 0.05) is 11.1 Å². The molecule has 31 heavy (non-hydrogen) atoms. The average molecular weight is 424 g/mol. The molecule has 0 atom stereocenters. The number of carbonyl (C=O) groups is 1. The van der Waals surface area contributed by atoms with Gasteiger partial charge in [0.05, 0.1) is 32.1 Å². The minimum atomic E-state index is -1.31. The van der Waals surface area contributed by atoms with E-state index in [1.165, 1.54) is 5.56 Å². The van der Waals surface area contributed by atoms with Crippen LogP contribution in [0.3, 0.4) is 0 Å². The third-order valence-electron chi connectivity index (χ3n) is 6.01. The van der Waals surface area contributed by atoms with Crippen molar-refractivity contribution >= 4 is 11.6 Å². The number of carbonyl (C=O) groups excluding carboxylic acids is 1. The van der Waals surface area contributed by atoms with E-state index < -0.39 is 5.79 Å². The molecule has 2 aromatic rings. The van der Waals surface area contributed by atoms with E-state index in [0.29, 0.717) is 26.4 Å². The molecule has 1 amide bonds.